The molecule has 252 valence electrons. The number of pyridine rings is 3. The van der Waals surface area contributed by atoms with Crippen molar-refractivity contribution < 1.29 is 14.4 Å². The zero-order valence-corrected chi connectivity index (χ0v) is 27.4. The lowest BCUT2D eigenvalue weighted by atomic mass is 9.85. The van der Waals surface area contributed by atoms with Gasteiger partial charge in [0, 0.05) is 61.0 Å². The van der Waals surface area contributed by atoms with Crippen LogP contribution in [0.4, 0.5) is 17.3 Å². The number of nitrogens with zero attached hydrogens (tertiary/aromatic N) is 3. The van der Waals surface area contributed by atoms with Crippen LogP contribution in [0.3, 0.4) is 0 Å². The van der Waals surface area contributed by atoms with E-state index in [4.69, 9.17) is 5.73 Å². The lowest BCUT2D eigenvalue weighted by Crippen LogP contribution is -2.41. The SMILES string of the molecule is NC(=O)CCCCCCCCCCCNC(=O)[C@H]1CC[C@H](NC(=O)c2cnc(Nc3ccc4cnccc4n3)cc2NC2CC2)CC1. The average molecular weight is 643 g/mol. The molecule has 5 rings (SSSR count). The Bertz CT molecular complexity index is 1490. The lowest BCUT2D eigenvalue weighted by Gasteiger charge is -2.28. The third-order valence-corrected chi connectivity index (χ3v) is 9.16. The van der Waals surface area contributed by atoms with Crippen LogP contribution in [0.25, 0.3) is 10.9 Å². The molecule has 3 aromatic heterocycles. The van der Waals surface area contributed by atoms with Gasteiger partial charge < -0.3 is 27.0 Å². The molecule has 2 aliphatic carbocycles. The van der Waals surface area contributed by atoms with Gasteiger partial charge in [0.2, 0.25) is 11.8 Å². The molecule has 0 saturated heterocycles. The molecule has 0 aromatic carbocycles. The highest BCUT2D eigenvalue weighted by atomic mass is 16.2. The van der Waals surface area contributed by atoms with Gasteiger partial charge in [-0.1, -0.05) is 44.9 Å². The van der Waals surface area contributed by atoms with Crippen LogP contribution in [-0.2, 0) is 9.59 Å². The van der Waals surface area contributed by atoms with Gasteiger partial charge >= 0.3 is 0 Å². The number of rotatable bonds is 19. The zero-order chi connectivity index (χ0) is 32.8. The standard InChI is InChI=1S/C36H50N8O3/c37-32(45)10-8-6-4-2-1-3-5-7-9-20-39-35(46)25-11-14-28(15-12-25)42-36(47)29-24-40-34(22-31(29)41-27-16-17-27)44-33-18-13-26-23-38-21-19-30(26)43-33/h13,18-19,21-25,27-28H,1-12,14-17,20H2,(H2,37,45)(H,39,46)(H,42,47)(H2,40,41,43,44)/t25-,28-. The van der Waals surface area contributed by atoms with Crippen LogP contribution < -0.4 is 27.0 Å². The Balaban J connectivity index is 0.998. The Labute approximate surface area is 277 Å². The number of carbonyl (C=O) groups is 3. The summed E-state index contributed by atoms with van der Waals surface area (Å²) in [5.41, 5.74) is 7.30. The van der Waals surface area contributed by atoms with E-state index in [1.165, 1.54) is 32.1 Å². The first-order valence-corrected chi connectivity index (χ1v) is 17.6. The molecule has 3 aromatic rings. The molecule has 3 amide bonds. The first-order chi connectivity index (χ1) is 22.9. The lowest BCUT2D eigenvalue weighted by molar-refractivity contribution is -0.126. The van der Waals surface area contributed by atoms with E-state index in [-0.39, 0.29) is 29.7 Å². The van der Waals surface area contributed by atoms with Gasteiger partial charge in [0.25, 0.3) is 5.91 Å². The Morgan fingerprint density at radius 3 is 2.21 bits per heavy atom. The van der Waals surface area contributed by atoms with Crippen molar-refractivity contribution in [1.82, 2.24) is 25.6 Å². The molecule has 6 N–H and O–H groups in total. The van der Waals surface area contributed by atoms with E-state index in [1.807, 2.05) is 24.3 Å². The van der Waals surface area contributed by atoms with Crippen LogP contribution in [0.5, 0.6) is 0 Å². The highest BCUT2D eigenvalue weighted by molar-refractivity contribution is 6.00. The summed E-state index contributed by atoms with van der Waals surface area (Å²) in [6, 6.07) is 8.01. The number of anilines is 3. The van der Waals surface area contributed by atoms with E-state index in [1.54, 1.807) is 18.6 Å². The van der Waals surface area contributed by atoms with Crippen molar-refractivity contribution >= 4 is 45.9 Å². The summed E-state index contributed by atoms with van der Waals surface area (Å²) in [5, 5.41) is 14.1. The Kier molecular flexibility index (Phi) is 12.7. The van der Waals surface area contributed by atoms with Crippen LogP contribution >= 0.6 is 0 Å². The molecule has 0 unspecified atom stereocenters. The van der Waals surface area contributed by atoms with E-state index in [9.17, 15) is 14.4 Å². The smallest absolute Gasteiger partial charge is 0.255 e. The van der Waals surface area contributed by atoms with Gasteiger partial charge in [-0.2, -0.15) is 0 Å². The molecule has 47 heavy (non-hydrogen) atoms. The van der Waals surface area contributed by atoms with Crippen LogP contribution in [0, 0.1) is 5.92 Å². The summed E-state index contributed by atoms with van der Waals surface area (Å²) in [5.74, 6) is 1.10. The van der Waals surface area contributed by atoms with Crippen LogP contribution in [-0.4, -0.2) is 51.3 Å². The minimum atomic E-state index is -0.205. The van der Waals surface area contributed by atoms with Crippen molar-refractivity contribution in [3.63, 3.8) is 0 Å². The molecule has 0 aliphatic heterocycles. The third kappa shape index (κ3) is 11.2. The van der Waals surface area contributed by atoms with Crippen molar-refractivity contribution in [2.45, 2.75) is 115 Å². The highest BCUT2D eigenvalue weighted by Crippen LogP contribution is 2.30. The maximum absolute atomic E-state index is 13.4. The Hall–Kier alpha value is -4.28. The summed E-state index contributed by atoms with van der Waals surface area (Å²) >= 11 is 0. The van der Waals surface area contributed by atoms with Crippen molar-refractivity contribution in [2.75, 3.05) is 17.2 Å². The highest BCUT2D eigenvalue weighted by Gasteiger charge is 2.29. The molecular weight excluding hydrogens is 592 g/mol. The fourth-order valence-corrected chi connectivity index (χ4v) is 6.22. The molecular formula is C36H50N8O3. The summed E-state index contributed by atoms with van der Waals surface area (Å²) in [4.78, 5) is 50.3. The van der Waals surface area contributed by atoms with Gasteiger partial charge in [-0.15, -0.1) is 0 Å². The first-order valence-electron chi connectivity index (χ1n) is 17.6. The molecule has 0 bridgehead atoms. The van der Waals surface area contributed by atoms with Gasteiger partial charge in [-0.25, -0.2) is 9.97 Å². The van der Waals surface area contributed by atoms with Crippen molar-refractivity contribution in [3.8, 4) is 0 Å². The fourth-order valence-electron chi connectivity index (χ4n) is 6.22. The third-order valence-electron chi connectivity index (χ3n) is 9.16. The van der Waals surface area contributed by atoms with Crippen molar-refractivity contribution in [1.29, 1.82) is 0 Å². The molecule has 11 nitrogen and oxygen atoms in total. The molecule has 0 atom stereocenters. The van der Waals surface area contributed by atoms with E-state index in [0.29, 0.717) is 29.7 Å². The van der Waals surface area contributed by atoms with Crippen molar-refractivity contribution in [3.05, 3.63) is 48.4 Å². The van der Waals surface area contributed by atoms with Gasteiger partial charge in [-0.05, 0) is 69.6 Å². The van der Waals surface area contributed by atoms with Gasteiger partial charge in [0.1, 0.15) is 11.6 Å². The Morgan fingerprint density at radius 1 is 0.787 bits per heavy atom. The number of nitrogens with one attached hydrogen (secondary N) is 4. The summed E-state index contributed by atoms with van der Waals surface area (Å²) < 4.78 is 0. The van der Waals surface area contributed by atoms with Gasteiger partial charge in [0.05, 0.1) is 16.8 Å². The zero-order valence-electron chi connectivity index (χ0n) is 27.4. The van der Waals surface area contributed by atoms with Gasteiger partial charge in [0.15, 0.2) is 0 Å². The number of fused-ring (bicyclic) bond motifs is 1. The second-order valence-electron chi connectivity index (χ2n) is 13.1. The average Bonchev–Trinajstić information content (AvgIpc) is 3.89. The second-order valence-corrected chi connectivity index (χ2v) is 13.1. The summed E-state index contributed by atoms with van der Waals surface area (Å²) in [6.07, 6.45) is 21.0. The van der Waals surface area contributed by atoms with Crippen LogP contribution in [0.15, 0.2) is 42.9 Å². The summed E-state index contributed by atoms with van der Waals surface area (Å²) in [6.45, 7) is 0.728. The molecule has 3 heterocycles. The van der Waals surface area contributed by atoms with E-state index >= 15 is 0 Å². The quantitative estimate of drug-likeness (QED) is 0.0974. The topological polar surface area (TPSA) is 164 Å². The Morgan fingerprint density at radius 2 is 1.49 bits per heavy atom. The fraction of sp³-hybridized carbons (Fsp3) is 0.556. The normalized spacial score (nSPS) is 17.6. The minimum Gasteiger partial charge on any atom is -0.382 e. The van der Waals surface area contributed by atoms with E-state index < -0.39 is 0 Å². The molecule has 2 saturated carbocycles. The van der Waals surface area contributed by atoms with Crippen molar-refractivity contribution in [2.24, 2.45) is 11.7 Å². The number of aromatic nitrogens is 3. The van der Waals surface area contributed by atoms with E-state index in [0.717, 1.165) is 87.3 Å². The number of carbonyl (C=O) groups excluding carboxylic acids is 3. The predicted octanol–water partition coefficient (Wildman–Crippen LogP) is 6.13. The maximum Gasteiger partial charge on any atom is 0.255 e. The van der Waals surface area contributed by atoms with Crippen LogP contribution in [0.2, 0.25) is 0 Å². The predicted molar refractivity (Wildman–Crippen MR) is 185 cm³/mol. The number of unbranched alkanes of at least 4 members (excludes halogenated alkanes) is 8. The largest absolute Gasteiger partial charge is 0.382 e. The maximum atomic E-state index is 13.4. The second kappa shape index (κ2) is 17.6. The number of hydrogen-bond donors (Lipinski definition) is 5. The molecule has 2 aliphatic rings. The molecule has 2 fully saturated rings. The molecule has 0 spiro atoms. The monoisotopic (exact) mass is 642 g/mol. The first kappa shape index (κ1) is 34.1. The molecule has 11 heteroatoms. The molecule has 0 radical (unpaired) electrons. The van der Waals surface area contributed by atoms with Gasteiger partial charge in [-0.3, -0.25) is 19.4 Å². The van der Waals surface area contributed by atoms with Crippen LogP contribution in [0.1, 0.15) is 113 Å². The number of amides is 3. The number of nitrogens with two attached hydrogens (primary N) is 1. The number of primary amides is 1. The number of hydrogen-bond acceptors (Lipinski definition) is 8. The minimum absolute atomic E-state index is 0.0109. The van der Waals surface area contributed by atoms with E-state index in [2.05, 4.69) is 36.2 Å². The summed E-state index contributed by atoms with van der Waals surface area (Å²) in [7, 11) is 0.